The zero-order chi connectivity index (χ0) is 12.0. The Labute approximate surface area is 96.1 Å². The van der Waals surface area contributed by atoms with Crippen molar-refractivity contribution in [3.05, 3.63) is 0 Å². The van der Waals surface area contributed by atoms with Crippen LogP contribution in [0.4, 0.5) is 0 Å². The van der Waals surface area contributed by atoms with Crippen molar-refractivity contribution in [3.8, 4) is 0 Å². The fourth-order valence-electron chi connectivity index (χ4n) is 2.00. The molecule has 16 heavy (non-hydrogen) atoms. The number of hydrogen-bond donors (Lipinski definition) is 2. The molecule has 91 valence electrons. The Balaban J connectivity index is 2.40. The van der Waals surface area contributed by atoms with Crippen LogP contribution in [0.15, 0.2) is 0 Å². The highest BCUT2D eigenvalue weighted by atomic mass is 16.2. The molecule has 1 heterocycles. The van der Waals surface area contributed by atoms with Crippen LogP contribution >= 0.6 is 0 Å². The number of nitrogens with two attached hydrogens (primary N) is 2. The smallest absolute Gasteiger partial charge is 0.240 e. The predicted molar refractivity (Wildman–Crippen MR) is 61.3 cm³/mol. The average molecular weight is 226 g/mol. The fraction of sp³-hybridized carbons (Fsp3) is 0.818. The summed E-state index contributed by atoms with van der Waals surface area (Å²) >= 11 is 0. The third kappa shape index (κ3) is 3.28. The van der Waals surface area contributed by atoms with E-state index in [0.717, 1.165) is 19.3 Å². The Kier molecular flexibility index (Phi) is 5.42. The number of hydrogen-bond acceptors (Lipinski definition) is 4. The molecule has 1 fully saturated rings. The van der Waals surface area contributed by atoms with Crippen LogP contribution in [-0.4, -0.2) is 42.3 Å². The summed E-state index contributed by atoms with van der Waals surface area (Å²) in [6, 6.07) is -0.881. The van der Waals surface area contributed by atoms with E-state index in [1.165, 1.54) is 0 Å². The minimum absolute atomic E-state index is 0.122. The van der Waals surface area contributed by atoms with E-state index in [4.69, 9.17) is 11.5 Å². The second kappa shape index (κ2) is 6.60. The van der Waals surface area contributed by atoms with Crippen molar-refractivity contribution in [2.45, 2.75) is 44.2 Å². The molecule has 1 saturated heterocycles. The van der Waals surface area contributed by atoms with E-state index in [1.807, 2.05) is 6.29 Å². The normalized spacial score (nSPS) is 22.1. The molecule has 0 aliphatic carbocycles. The highest BCUT2D eigenvalue weighted by Crippen LogP contribution is 2.17. The van der Waals surface area contributed by atoms with E-state index in [2.05, 4.69) is 0 Å². The lowest BCUT2D eigenvalue weighted by atomic mass is 10.1. The first-order valence-electron chi connectivity index (χ1n) is 5.84. The summed E-state index contributed by atoms with van der Waals surface area (Å²) in [4.78, 5) is 24.1. The minimum atomic E-state index is -0.500. The fourth-order valence-corrected chi connectivity index (χ4v) is 2.00. The Hall–Kier alpha value is -0.940. The van der Waals surface area contributed by atoms with Crippen LogP contribution in [0.1, 0.15) is 32.1 Å². The first-order valence-corrected chi connectivity index (χ1v) is 5.84. The first-order chi connectivity index (χ1) is 7.70. The molecule has 0 aromatic heterocycles. The van der Waals surface area contributed by atoms with E-state index in [0.29, 0.717) is 25.9 Å². The number of amides is 1. The Bertz CT molecular complexity index is 245. The van der Waals surface area contributed by atoms with Crippen molar-refractivity contribution < 1.29 is 9.59 Å². The van der Waals surface area contributed by atoms with Gasteiger partial charge in [0.1, 0.15) is 0 Å². The van der Waals surface area contributed by atoms with Crippen molar-refractivity contribution >= 4 is 12.2 Å². The number of likely N-dealkylation sites (tertiary alicyclic amines) is 1. The number of rotatable bonds is 6. The van der Waals surface area contributed by atoms with E-state index in [9.17, 15) is 9.59 Å². The lowest BCUT2D eigenvalue weighted by Crippen LogP contribution is -2.46. The van der Waals surface area contributed by atoms with E-state index >= 15 is 0 Å². The third-order valence-corrected chi connectivity index (χ3v) is 2.96. The summed E-state index contributed by atoms with van der Waals surface area (Å²) in [7, 11) is 0. The van der Waals surface area contributed by atoms with Crippen LogP contribution in [0.3, 0.4) is 0 Å². The molecule has 1 rings (SSSR count). The number of unbranched alkanes of at least 4 members (excludes halogenated alkanes) is 1. The summed E-state index contributed by atoms with van der Waals surface area (Å²) in [5.74, 6) is -0.122. The van der Waals surface area contributed by atoms with Gasteiger partial charge < -0.3 is 16.4 Å². The van der Waals surface area contributed by atoms with E-state index < -0.39 is 6.04 Å². The summed E-state index contributed by atoms with van der Waals surface area (Å²) in [5, 5.41) is 0. The van der Waals surface area contributed by atoms with Crippen molar-refractivity contribution in [2.75, 3.05) is 13.1 Å². The van der Waals surface area contributed by atoms with Crippen LogP contribution in [0, 0.1) is 0 Å². The van der Waals surface area contributed by atoms with Crippen LogP contribution in [0.25, 0.3) is 0 Å². The topological polar surface area (TPSA) is 89.4 Å². The van der Waals surface area contributed by atoms with Crippen molar-refractivity contribution in [1.82, 2.24) is 4.90 Å². The lowest BCUT2D eigenvalue weighted by molar-refractivity contribution is -0.132. The molecular formula is C11H20N3O2. The molecule has 0 aromatic rings. The second-order valence-corrected chi connectivity index (χ2v) is 4.20. The highest BCUT2D eigenvalue weighted by Gasteiger charge is 2.31. The SMILES string of the molecule is NCCCC[C@H](N)C(=O)N1CCC[C@H]1[C]=O. The number of carbonyl (C=O) groups excluding carboxylic acids is 2. The van der Waals surface area contributed by atoms with Gasteiger partial charge in [0.2, 0.25) is 12.2 Å². The molecule has 1 radical (unpaired) electrons. The molecule has 1 aliphatic heterocycles. The number of carbonyl (C=O) groups is 1. The van der Waals surface area contributed by atoms with Gasteiger partial charge in [-0.2, -0.15) is 0 Å². The summed E-state index contributed by atoms with van der Waals surface area (Å²) in [6.45, 7) is 1.25. The average Bonchev–Trinajstić information content (AvgIpc) is 2.76. The molecule has 5 nitrogen and oxygen atoms in total. The summed E-state index contributed by atoms with van der Waals surface area (Å²) in [5.41, 5.74) is 11.2. The quantitative estimate of drug-likeness (QED) is 0.600. The lowest BCUT2D eigenvalue weighted by Gasteiger charge is -2.23. The van der Waals surface area contributed by atoms with E-state index in [1.54, 1.807) is 4.90 Å². The Morgan fingerprint density at radius 2 is 2.25 bits per heavy atom. The molecule has 1 aliphatic rings. The molecule has 0 unspecified atom stereocenters. The van der Waals surface area contributed by atoms with Gasteiger partial charge in [-0.1, -0.05) is 6.42 Å². The highest BCUT2D eigenvalue weighted by molar-refractivity contribution is 5.84. The molecule has 0 spiro atoms. The summed E-state index contributed by atoms with van der Waals surface area (Å²) < 4.78 is 0. The molecule has 0 aromatic carbocycles. The molecule has 4 N–H and O–H groups in total. The van der Waals surface area contributed by atoms with Gasteiger partial charge >= 0.3 is 0 Å². The van der Waals surface area contributed by atoms with Crippen molar-refractivity contribution in [3.63, 3.8) is 0 Å². The predicted octanol–water partition coefficient (Wildman–Crippen LogP) is -0.457. The molecule has 0 bridgehead atoms. The van der Waals surface area contributed by atoms with Gasteiger partial charge in [-0.15, -0.1) is 0 Å². The van der Waals surface area contributed by atoms with Gasteiger partial charge in [0.25, 0.3) is 0 Å². The second-order valence-electron chi connectivity index (χ2n) is 4.20. The van der Waals surface area contributed by atoms with Gasteiger partial charge in [-0.05, 0) is 32.2 Å². The van der Waals surface area contributed by atoms with Gasteiger partial charge in [-0.25, -0.2) is 0 Å². The Morgan fingerprint density at radius 3 is 2.88 bits per heavy atom. The van der Waals surface area contributed by atoms with Crippen LogP contribution in [0.2, 0.25) is 0 Å². The van der Waals surface area contributed by atoms with Gasteiger partial charge in [0.15, 0.2) is 0 Å². The van der Waals surface area contributed by atoms with Gasteiger partial charge in [-0.3, -0.25) is 9.59 Å². The molecule has 1 amide bonds. The minimum Gasteiger partial charge on any atom is -0.331 e. The van der Waals surface area contributed by atoms with Crippen molar-refractivity contribution in [2.24, 2.45) is 11.5 Å². The van der Waals surface area contributed by atoms with Crippen molar-refractivity contribution in [1.29, 1.82) is 0 Å². The Morgan fingerprint density at radius 1 is 1.50 bits per heavy atom. The molecule has 2 atom stereocenters. The standard InChI is InChI=1S/C11H20N3O2/c12-6-2-1-5-10(13)11(16)14-7-3-4-9(14)8-15/h9-10H,1-7,12-13H2/t9-,10-/m0/s1. The largest absolute Gasteiger partial charge is 0.331 e. The molecular weight excluding hydrogens is 206 g/mol. The molecule has 0 saturated carbocycles. The maximum absolute atomic E-state index is 11.9. The zero-order valence-electron chi connectivity index (χ0n) is 9.52. The van der Waals surface area contributed by atoms with Gasteiger partial charge in [0, 0.05) is 6.54 Å². The summed E-state index contributed by atoms with van der Waals surface area (Å²) in [6.07, 6.45) is 5.84. The first kappa shape index (κ1) is 13.1. The zero-order valence-corrected chi connectivity index (χ0v) is 9.52. The number of nitrogens with zero attached hydrogens (tertiary/aromatic N) is 1. The monoisotopic (exact) mass is 226 g/mol. The molecule has 5 heteroatoms. The third-order valence-electron chi connectivity index (χ3n) is 2.96. The van der Waals surface area contributed by atoms with E-state index in [-0.39, 0.29) is 11.9 Å². The van der Waals surface area contributed by atoms with Gasteiger partial charge in [0.05, 0.1) is 12.1 Å². The van der Waals surface area contributed by atoms with Crippen LogP contribution in [-0.2, 0) is 9.59 Å². The van der Waals surface area contributed by atoms with Crippen LogP contribution < -0.4 is 11.5 Å². The maximum Gasteiger partial charge on any atom is 0.240 e. The maximum atomic E-state index is 11.9. The van der Waals surface area contributed by atoms with Crippen LogP contribution in [0.5, 0.6) is 0 Å².